The molecule has 2 amide bonds. The fourth-order valence-electron chi connectivity index (χ4n) is 12.0. The van der Waals surface area contributed by atoms with E-state index >= 15 is 8.78 Å². The largest absolute Gasteiger partial charge is 0.371 e. The highest BCUT2D eigenvalue weighted by molar-refractivity contribution is 9.10. The first-order valence-corrected chi connectivity index (χ1v) is 22.9. The molecule has 0 aromatic heterocycles. The van der Waals surface area contributed by atoms with Gasteiger partial charge in [-0.15, -0.1) is 0 Å². The monoisotopic (exact) mass is 867 g/mol. The van der Waals surface area contributed by atoms with Gasteiger partial charge in [0.25, 0.3) is 0 Å². The molecule has 8 nitrogen and oxygen atoms in total. The van der Waals surface area contributed by atoms with Crippen LogP contribution in [0.1, 0.15) is 135 Å². The molecule has 4 aliphatic heterocycles. The van der Waals surface area contributed by atoms with Gasteiger partial charge in [-0.05, 0) is 158 Å². The van der Waals surface area contributed by atoms with Crippen LogP contribution in [0.3, 0.4) is 0 Å². The highest BCUT2D eigenvalue weighted by Gasteiger charge is 2.50. The Morgan fingerprint density at radius 1 is 0.847 bits per heavy atom. The molecule has 3 aromatic carbocycles. The van der Waals surface area contributed by atoms with Gasteiger partial charge in [-0.1, -0.05) is 37.5 Å². The third kappa shape index (κ3) is 7.46. The maximum absolute atomic E-state index is 15.3. The van der Waals surface area contributed by atoms with Crippen molar-refractivity contribution in [2.75, 3.05) is 49.6 Å². The Morgan fingerprint density at radius 3 is 2.22 bits per heavy atom. The first kappa shape index (κ1) is 40.4. The van der Waals surface area contributed by atoms with Gasteiger partial charge >= 0.3 is 0 Å². The highest BCUT2D eigenvalue weighted by Crippen LogP contribution is 2.55. The lowest BCUT2D eigenvalue weighted by molar-refractivity contribution is -0.134. The Hall–Kier alpha value is -3.96. The summed E-state index contributed by atoms with van der Waals surface area (Å²) in [6.07, 6.45) is 16.1. The molecule has 312 valence electrons. The Labute approximate surface area is 355 Å². The fraction of sp³-hybridized carbons (Fsp3) is 0.542. The fourth-order valence-corrected chi connectivity index (χ4v) is 12.4. The number of aldehydes is 1. The van der Waals surface area contributed by atoms with Crippen LogP contribution < -0.4 is 15.1 Å². The molecule has 2 spiro atoms. The number of likely N-dealkylation sites (tertiary alicyclic amines) is 1. The zero-order valence-corrected chi connectivity index (χ0v) is 35.8. The predicted octanol–water partition coefficient (Wildman–Crippen LogP) is 10.1. The summed E-state index contributed by atoms with van der Waals surface area (Å²) in [4.78, 5) is 48.4. The number of hydrogen-bond acceptors (Lipinski definition) is 6. The number of halogens is 3. The van der Waals surface area contributed by atoms with E-state index in [4.69, 9.17) is 4.99 Å². The summed E-state index contributed by atoms with van der Waals surface area (Å²) in [6, 6.07) is 16.0. The van der Waals surface area contributed by atoms with Crippen molar-refractivity contribution >= 4 is 56.9 Å². The summed E-state index contributed by atoms with van der Waals surface area (Å²) >= 11 is 3.65. The number of carbonyl (C=O) groups excluding carboxylic acids is 3. The number of nitrogens with one attached hydrogen (secondary N) is 1. The lowest BCUT2D eigenvalue weighted by Gasteiger charge is -2.47. The van der Waals surface area contributed by atoms with Crippen LogP contribution in [0.15, 0.2) is 58.0 Å². The second kappa shape index (κ2) is 16.5. The Morgan fingerprint density at radius 2 is 1.56 bits per heavy atom. The van der Waals surface area contributed by atoms with Crippen molar-refractivity contribution < 1.29 is 23.2 Å². The van der Waals surface area contributed by atoms with E-state index in [-0.39, 0.29) is 23.8 Å². The van der Waals surface area contributed by atoms with Gasteiger partial charge in [0.1, 0.15) is 17.5 Å². The number of rotatable bonds is 7. The topological polar surface area (TPSA) is 85.3 Å². The van der Waals surface area contributed by atoms with Crippen molar-refractivity contribution in [1.82, 2.24) is 10.2 Å². The van der Waals surface area contributed by atoms with E-state index in [0.29, 0.717) is 28.5 Å². The van der Waals surface area contributed by atoms with Gasteiger partial charge in [0, 0.05) is 48.8 Å². The van der Waals surface area contributed by atoms with Gasteiger partial charge < -0.3 is 9.80 Å². The number of imide groups is 1. The van der Waals surface area contributed by atoms with Crippen LogP contribution in [0.25, 0.3) is 0 Å². The molecule has 4 heterocycles. The zero-order chi connectivity index (χ0) is 40.9. The molecule has 0 radical (unpaired) electrons. The van der Waals surface area contributed by atoms with Crippen molar-refractivity contribution in [3.8, 4) is 0 Å². The van der Waals surface area contributed by atoms with Gasteiger partial charge in [-0.25, -0.2) is 8.78 Å². The van der Waals surface area contributed by atoms with E-state index in [2.05, 4.69) is 60.2 Å². The number of amidine groups is 1. The first-order chi connectivity index (χ1) is 28.6. The molecule has 1 atom stereocenters. The SMILES string of the molecule is CN=C1N(c2cccc(Br)c2C=O)c2cc(C3CCN(CC4CCC5(CC4)CCN(c4cc(F)c(C6CCC(=O)NC6=O)c(F)c4)CC5)CC3)ccc2C12CCCCC2. The van der Waals surface area contributed by atoms with Crippen molar-refractivity contribution in [2.45, 2.75) is 114 Å². The summed E-state index contributed by atoms with van der Waals surface area (Å²) < 4.78 is 31.4. The van der Waals surface area contributed by atoms with Crippen LogP contribution in [0, 0.1) is 23.0 Å². The molecule has 59 heavy (non-hydrogen) atoms. The van der Waals surface area contributed by atoms with Crippen molar-refractivity contribution in [3.63, 3.8) is 0 Å². The summed E-state index contributed by atoms with van der Waals surface area (Å²) in [7, 11) is 1.91. The predicted molar refractivity (Wildman–Crippen MR) is 232 cm³/mol. The van der Waals surface area contributed by atoms with Gasteiger partial charge in [0.15, 0.2) is 6.29 Å². The van der Waals surface area contributed by atoms with Crippen LogP contribution in [-0.2, 0) is 15.0 Å². The number of carbonyl (C=O) groups is 3. The van der Waals surface area contributed by atoms with E-state index in [1.54, 1.807) is 0 Å². The van der Waals surface area contributed by atoms with E-state index in [1.807, 2.05) is 19.2 Å². The van der Waals surface area contributed by atoms with Crippen LogP contribution in [0.2, 0.25) is 0 Å². The maximum Gasteiger partial charge on any atom is 0.234 e. The minimum atomic E-state index is -0.981. The smallest absolute Gasteiger partial charge is 0.234 e. The molecule has 1 unspecified atom stereocenters. The Balaban J connectivity index is 0.805. The molecule has 1 N–H and O–H groups in total. The van der Waals surface area contributed by atoms with Crippen LogP contribution in [-0.4, -0.2) is 68.6 Å². The van der Waals surface area contributed by atoms with E-state index in [9.17, 15) is 14.4 Å². The number of benzene rings is 3. The Bertz CT molecular complexity index is 2120. The molecule has 3 saturated heterocycles. The lowest BCUT2D eigenvalue weighted by atomic mass is 9.65. The number of piperidine rings is 3. The third-order valence-corrected chi connectivity index (χ3v) is 16.0. The van der Waals surface area contributed by atoms with Gasteiger partial charge in [-0.3, -0.25) is 29.6 Å². The summed E-state index contributed by atoms with van der Waals surface area (Å²) in [5.74, 6) is -1.17. The number of nitrogens with zero attached hydrogens (tertiary/aromatic N) is 4. The average molecular weight is 869 g/mol. The number of aliphatic imine (C=N–C) groups is 1. The van der Waals surface area contributed by atoms with E-state index in [1.165, 1.54) is 73.9 Å². The van der Waals surface area contributed by atoms with Gasteiger partial charge in [-0.2, -0.15) is 0 Å². The Kier molecular flexibility index (Phi) is 11.3. The molecular formula is C48H56BrF2N5O3. The van der Waals surface area contributed by atoms with Crippen molar-refractivity contribution in [2.24, 2.45) is 16.3 Å². The molecule has 6 aliphatic rings. The second-order valence-electron chi connectivity index (χ2n) is 18.4. The normalized spacial score (nSPS) is 24.5. The molecule has 9 rings (SSSR count). The molecule has 3 aromatic rings. The van der Waals surface area contributed by atoms with Crippen LogP contribution >= 0.6 is 15.9 Å². The number of amides is 2. The highest BCUT2D eigenvalue weighted by atomic mass is 79.9. The quantitative estimate of drug-likeness (QED) is 0.188. The molecule has 0 bridgehead atoms. The lowest BCUT2D eigenvalue weighted by Crippen LogP contribution is -2.44. The molecule has 2 saturated carbocycles. The van der Waals surface area contributed by atoms with Crippen LogP contribution in [0.5, 0.6) is 0 Å². The third-order valence-electron chi connectivity index (χ3n) is 15.3. The van der Waals surface area contributed by atoms with Crippen molar-refractivity contribution in [3.05, 3.63) is 86.9 Å². The minimum Gasteiger partial charge on any atom is -0.371 e. The summed E-state index contributed by atoms with van der Waals surface area (Å²) in [6.45, 7) is 4.89. The number of fused-ring (bicyclic) bond motifs is 2. The maximum atomic E-state index is 15.3. The molecule has 11 heteroatoms. The van der Waals surface area contributed by atoms with Gasteiger partial charge in [0.2, 0.25) is 11.8 Å². The number of anilines is 3. The first-order valence-electron chi connectivity index (χ1n) is 22.1. The van der Waals surface area contributed by atoms with E-state index in [0.717, 1.165) is 93.5 Å². The van der Waals surface area contributed by atoms with E-state index < -0.39 is 29.4 Å². The molecule has 5 fully saturated rings. The minimum absolute atomic E-state index is 0.0804. The van der Waals surface area contributed by atoms with Gasteiger partial charge in [0.05, 0.1) is 28.3 Å². The molecule has 2 aliphatic carbocycles. The number of hydrogen-bond donors (Lipinski definition) is 1. The summed E-state index contributed by atoms with van der Waals surface area (Å²) in [5.41, 5.74) is 5.98. The average Bonchev–Trinajstić information content (AvgIpc) is 3.50. The standard InChI is InChI=1S/C48H56BrF2N5O3/c1-52-46-48(16-3-2-4-17-48)37-10-8-33(26-42(37)56(46)41-7-5-6-38(49)36(41)30-57)32-14-22-54(23-15-32)29-31-12-18-47(19-13-31)20-24-55(25-21-47)34-27-39(50)44(40(51)28-34)35-9-11-43(58)53-45(35)59/h5-8,10,26-28,30-32,35H,2-4,9,11-25,29H2,1H3,(H,53,58,59). The summed E-state index contributed by atoms with van der Waals surface area (Å²) in [5, 5.41) is 2.22. The second-order valence-corrected chi connectivity index (χ2v) is 19.3. The molecular weight excluding hydrogens is 812 g/mol. The van der Waals surface area contributed by atoms with Crippen molar-refractivity contribution in [1.29, 1.82) is 0 Å². The van der Waals surface area contributed by atoms with Crippen LogP contribution in [0.4, 0.5) is 25.8 Å². The zero-order valence-electron chi connectivity index (χ0n) is 34.2.